The normalized spacial score (nSPS) is 10.9. The Morgan fingerprint density at radius 2 is 1.50 bits per heavy atom. The third kappa shape index (κ3) is 6.01. The van der Waals surface area contributed by atoms with Gasteiger partial charge in [0.1, 0.15) is 5.70 Å². The second-order valence-electron chi connectivity index (χ2n) is 6.92. The van der Waals surface area contributed by atoms with Crippen molar-refractivity contribution in [3.63, 3.8) is 0 Å². The maximum absolute atomic E-state index is 13.2. The fourth-order valence-corrected chi connectivity index (χ4v) is 3.41. The molecule has 0 saturated heterocycles. The summed E-state index contributed by atoms with van der Waals surface area (Å²) < 4.78 is 16.1. The number of halogens is 2. The molecule has 2 N–H and O–H groups in total. The Morgan fingerprint density at radius 1 is 0.853 bits per heavy atom. The summed E-state index contributed by atoms with van der Waals surface area (Å²) in [5.41, 5.74) is 1.15. The number of anilines is 1. The molecule has 3 aromatic rings. The standard InChI is InChI=1S/C25H22Cl2N2O5/c1-32-21-12-15(13-22(33-2)23(21)34-3)11-20(29-24(30)16-7-5-4-6-8-16)25(31)28-19-14-17(26)9-10-18(19)27/h4-14H,1-3H3,(H,28,31)(H,29,30)/b20-11+. The van der Waals surface area contributed by atoms with Gasteiger partial charge in [0.15, 0.2) is 11.5 Å². The van der Waals surface area contributed by atoms with Crippen LogP contribution in [0, 0.1) is 0 Å². The molecule has 0 heterocycles. The molecule has 0 bridgehead atoms. The number of rotatable bonds is 8. The fourth-order valence-electron chi connectivity index (χ4n) is 3.08. The number of hydrogen-bond donors (Lipinski definition) is 2. The Labute approximate surface area is 207 Å². The molecule has 9 heteroatoms. The van der Waals surface area contributed by atoms with Gasteiger partial charge in [0.2, 0.25) is 5.75 Å². The lowest BCUT2D eigenvalue weighted by molar-refractivity contribution is -0.113. The van der Waals surface area contributed by atoms with Crippen LogP contribution in [-0.4, -0.2) is 33.1 Å². The summed E-state index contributed by atoms with van der Waals surface area (Å²) in [5.74, 6) is 0.0984. The topological polar surface area (TPSA) is 85.9 Å². The van der Waals surface area contributed by atoms with E-state index in [4.69, 9.17) is 37.4 Å². The van der Waals surface area contributed by atoms with E-state index in [1.54, 1.807) is 54.6 Å². The van der Waals surface area contributed by atoms with Gasteiger partial charge in [-0.3, -0.25) is 9.59 Å². The van der Waals surface area contributed by atoms with Crippen LogP contribution in [0.4, 0.5) is 5.69 Å². The van der Waals surface area contributed by atoms with Gasteiger partial charge in [-0.2, -0.15) is 0 Å². The first-order valence-electron chi connectivity index (χ1n) is 10.0. The number of nitrogens with one attached hydrogen (secondary N) is 2. The van der Waals surface area contributed by atoms with Crippen LogP contribution >= 0.6 is 23.2 Å². The third-order valence-electron chi connectivity index (χ3n) is 4.70. The van der Waals surface area contributed by atoms with E-state index in [0.29, 0.717) is 44.1 Å². The molecule has 0 aliphatic carbocycles. The lowest BCUT2D eigenvalue weighted by Gasteiger charge is -2.15. The quantitative estimate of drug-likeness (QED) is 0.402. The van der Waals surface area contributed by atoms with Crippen LogP contribution in [0.3, 0.4) is 0 Å². The summed E-state index contributed by atoms with van der Waals surface area (Å²) in [4.78, 5) is 26.0. The smallest absolute Gasteiger partial charge is 0.272 e. The zero-order chi connectivity index (χ0) is 24.7. The second-order valence-corrected chi connectivity index (χ2v) is 7.76. The molecule has 0 radical (unpaired) electrons. The molecule has 0 aliphatic rings. The molecule has 0 fully saturated rings. The molecule has 0 saturated carbocycles. The molecule has 0 spiro atoms. The van der Waals surface area contributed by atoms with Crippen LogP contribution in [0.2, 0.25) is 10.0 Å². The van der Waals surface area contributed by atoms with Gasteiger partial charge < -0.3 is 24.8 Å². The lowest BCUT2D eigenvalue weighted by atomic mass is 10.1. The third-order valence-corrected chi connectivity index (χ3v) is 5.27. The summed E-state index contributed by atoms with van der Waals surface area (Å²) >= 11 is 12.2. The molecular formula is C25H22Cl2N2O5. The van der Waals surface area contributed by atoms with Crippen molar-refractivity contribution in [3.8, 4) is 17.2 Å². The van der Waals surface area contributed by atoms with E-state index in [2.05, 4.69) is 10.6 Å². The molecule has 3 aromatic carbocycles. The predicted octanol–water partition coefficient (Wildman–Crippen LogP) is 5.43. The minimum atomic E-state index is -0.609. The first-order chi connectivity index (χ1) is 16.4. The number of carbonyl (C=O) groups excluding carboxylic acids is 2. The maximum atomic E-state index is 13.2. The van der Waals surface area contributed by atoms with E-state index < -0.39 is 11.8 Å². The predicted molar refractivity (Wildman–Crippen MR) is 133 cm³/mol. The minimum Gasteiger partial charge on any atom is -0.493 e. The summed E-state index contributed by atoms with van der Waals surface area (Å²) in [6, 6.07) is 16.5. The van der Waals surface area contributed by atoms with Gasteiger partial charge in [0.05, 0.1) is 32.0 Å². The monoisotopic (exact) mass is 500 g/mol. The van der Waals surface area contributed by atoms with Gasteiger partial charge in [-0.15, -0.1) is 0 Å². The van der Waals surface area contributed by atoms with Gasteiger partial charge in [0, 0.05) is 10.6 Å². The lowest BCUT2D eigenvalue weighted by Crippen LogP contribution is -2.30. The zero-order valence-electron chi connectivity index (χ0n) is 18.6. The fraction of sp³-hybridized carbons (Fsp3) is 0.120. The summed E-state index contributed by atoms with van der Waals surface area (Å²) in [7, 11) is 4.46. The molecule has 0 unspecified atom stereocenters. The Balaban J connectivity index is 2.03. The van der Waals surface area contributed by atoms with Crippen molar-refractivity contribution in [1.82, 2.24) is 5.32 Å². The summed E-state index contributed by atoms with van der Waals surface area (Å²) in [5, 5.41) is 6.03. The SMILES string of the molecule is COc1cc(/C=C(/NC(=O)c2ccccc2)C(=O)Nc2cc(Cl)ccc2Cl)cc(OC)c1OC. The number of hydrogen-bond acceptors (Lipinski definition) is 5. The molecule has 34 heavy (non-hydrogen) atoms. The number of ether oxygens (including phenoxy) is 3. The average molecular weight is 501 g/mol. The van der Waals surface area contributed by atoms with Gasteiger partial charge >= 0.3 is 0 Å². The highest BCUT2D eigenvalue weighted by atomic mass is 35.5. The van der Waals surface area contributed by atoms with Crippen LogP contribution < -0.4 is 24.8 Å². The van der Waals surface area contributed by atoms with E-state index in [9.17, 15) is 9.59 Å². The van der Waals surface area contributed by atoms with Crippen LogP contribution in [0.15, 0.2) is 66.4 Å². The van der Waals surface area contributed by atoms with Crippen molar-refractivity contribution >= 4 is 46.8 Å². The zero-order valence-corrected chi connectivity index (χ0v) is 20.2. The molecule has 0 aromatic heterocycles. The van der Waals surface area contributed by atoms with Gasteiger partial charge in [-0.1, -0.05) is 41.4 Å². The Morgan fingerprint density at radius 3 is 2.09 bits per heavy atom. The summed E-state index contributed by atoms with van der Waals surface area (Å²) in [6.45, 7) is 0. The molecule has 176 valence electrons. The van der Waals surface area contributed by atoms with Gasteiger partial charge in [0.25, 0.3) is 11.8 Å². The molecule has 0 atom stereocenters. The van der Waals surface area contributed by atoms with Crippen molar-refractivity contribution < 1.29 is 23.8 Å². The molecule has 3 rings (SSSR count). The van der Waals surface area contributed by atoms with Crippen molar-refractivity contribution in [2.75, 3.05) is 26.6 Å². The van der Waals surface area contributed by atoms with Crippen LogP contribution in [0.5, 0.6) is 17.2 Å². The largest absolute Gasteiger partial charge is 0.493 e. The molecule has 0 aliphatic heterocycles. The van der Waals surface area contributed by atoms with E-state index >= 15 is 0 Å². The minimum absolute atomic E-state index is 0.0424. The van der Waals surface area contributed by atoms with Crippen molar-refractivity contribution in [2.45, 2.75) is 0 Å². The van der Waals surface area contributed by atoms with Crippen LogP contribution in [0.25, 0.3) is 6.08 Å². The van der Waals surface area contributed by atoms with Gasteiger partial charge in [-0.25, -0.2) is 0 Å². The average Bonchev–Trinajstić information content (AvgIpc) is 2.85. The first-order valence-corrected chi connectivity index (χ1v) is 10.8. The number of methoxy groups -OCH3 is 3. The Hall–Kier alpha value is -3.68. The Kier molecular flexibility index (Phi) is 8.40. The van der Waals surface area contributed by atoms with Gasteiger partial charge in [-0.05, 0) is 54.1 Å². The van der Waals surface area contributed by atoms with Crippen LogP contribution in [0.1, 0.15) is 15.9 Å². The maximum Gasteiger partial charge on any atom is 0.272 e. The molecule has 7 nitrogen and oxygen atoms in total. The number of benzene rings is 3. The number of carbonyl (C=O) groups is 2. The molecular weight excluding hydrogens is 479 g/mol. The number of amides is 2. The highest BCUT2D eigenvalue weighted by molar-refractivity contribution is 6.36. The highest BCUT2D eigenvalue weighted by Crippen LogP contribution is 2.38. The molecule has 2 amide bonds. The Bertz CT molecular complexity index is 1200. The van der Waals surface area contributed by atoms with E-state index in [1.807, 2.05) is 0 Å². The van der Waals surface area contributed by atoms with E-state index in [0.717, 1.165) is 0 Å². The second kappa shape index (κ2) is 11.4. The van der Waals surface area contributed by atoms with E-state index in [1.165, 1.54) is 33.5 Å². The highest BCUT2D eigenvalue weighted by Gasteiger charge is 2.18. The van der Waals surface area contributed by atoms with Crippen LogP contribution in [-0.2, 0) is 4.79 Å². The first kappa shape index (κ1) is 25.0. The van der Waals surface area contributed by atoms with E-state index in [-0.39, 0.29) is 5.70 Å². The van der Waals surface area contributed by atoms with Crippen molar-refractivity contribution in [1.29, 1.82) is 0 Å². The van der Waals surface area contributed by atoms with Crippen molar-refractivity contribution in [3.05, 3.63) is 87.5 Å². The summed E-state index contributed by atoms with van der Waals surface area (Å²) in [6.07, 6.45) is 1.49. The van der Waals surface area contributed by atoms with Crippen molar-refractivity contribution in [2.24, 2.45) is 0 Å².